The van der Waals surface area contributed by atoms with E-state index in [2.05, 4.69) is 0 Å². The fourth-order valence-electron chi connectivity index (χ4n) is 10.7. The Morgan fingerprint density at radius 1 is 0.947 bits per heavy atom. The number of carbonyl (C=O) groups excluding carboxylic acids is 4. The average Bonchev–Trinajstić information content (AvgIpc) is 3.22. The molecule has 3 saturated carbocycles. The molecule has 0 spiro atoms. The maximum Gasteiger partial charge on any atom is 0.308 e. The van der Waals surface area contributed by atoms with Crippen LogP contribution in [0.3, 0.4) is 0 Å². The smallest absolute Gasteiger partial charge is 0.308 e. The molecule has 2 heterocycles. The van der Waals surface area contributed by atoms with Crippen molar-refractivity contribution < 1.29 is 39.2 Å². The molecule has 2 aliphatic heterocycles. The molecule has 0 amide bonds. The van der Waals surface area contributed by atoms with Crippen LogP contribution < -0.4 is 0 Å². The summed E-state index contributed by atoms with van der Waals surface area (Å²) in [6, 6.07) is 0. The molecule has 4 fully saturated rings. The molecule has 1 saturated heterocycles. The molecule has 8 heteroatoms. The van der Waals surface area contributed by atoms with Crippen LogP contribution in [0.2, 0.25) is 0 Å². The number of rotatable bonds is 0. The fraction of sp³-hybridized carbons (Fsp3) is 0.800. The number of hydrogen-bond donors (Lipinski definition) is 3. The summed E-state index contributed by atoms with van der Waals surface area (Å²) in [5, 5.41) is 35.7. The third-order valence-corrected chi connectivity index (χ3v) is 12.6. The van der Waals surface area contributed by atoms with Gasteiger partial charge in [-0.15, -0.1) is 0 Å². The van der Waals surface area contributed by atoms with E-state index in [0.29, 0.717) is 12.0 Å². The van der Waals surface area contributed by atoms with Gasteiger partial charge in [0, 0.05) is 22.8 Å². The molecule has 5 aliphatic carbocycles. The highest BCUT2D eigenvalue weighted by atomic mass is 16.5. The first kappa shape index (κ1) is 26.3. The first-order chi connectivity index (χ1) is 17.5. The molecular formula is C30H40O8. The van der Waals surface area contributed by atoms with E-state index < -0.39 is 74.9 Å². The first-order valence-corrected chi connectivity index (χ1v) is 14.1. The number of aliphatic hydroxyl groups excluding tert-OH is 2. The molecule has 38 heavy (non-hydrogen) atoms. The van der Waals surface area contributed by atoms with Gasteiger partial charge in [-0.1, -0.05) is 27.7 Å². The molecular weight excluding hydrogens is 488 g/mol. The van der Waals surface area contributed by atoms with E-state index in [4.69, 9.17) is 4.74 Å². The van der Waals surface area contributed by atoms with E-state index in [9.17, 15) is 34.5 Å². The normalized spacial score (nSPS) is 56.0. The lowest BCUT2D eigenvalue weighted by atomic mass is 9.42. The molecule has 7 aliphatic rings. The fourth-order valence-corrected chi connectivity index (χ4v) is 10.7. The summed E-state index contributed by atoms with van der Waals surface area (Å²) in [7, 11) is 0. The van der Waals surface area contributed by atoms with Crippen LogP contribution in [0.1, 0.15) is 73.6 Å². The Morgan fingerprint density at radius 3 is 2.26 bits per heavy atom. The number of ether oxygens (including phenoxy) is 1. The number of carbonyl (C=O) groups is 4. The lowest BCUT2D eigenvalue weighted by Crippen LogP contribution is -2.65. The Kier molecular flexibility index (Phi) is 5.15. The molecule has 0 radical (unpaired) electrons. The van der Waals surface area contributed by atoms with Crippen molar-refractivity contribution in [3.8, 4) is 0 Å². The zero-order chi connectivity index (χ0) is 28.0. The van der Waals surface area contributed by atoms with Crippen molar-refractivity contribution in [2.75, 3.05) is 6.61 Å². The van der Waals surface area contributed by atoms with Gasteiger partial charge in [-0.05, 0) is 62.9 Å². The Morgan fingerprint density at radius 2 is 1.61 bits per heavy atom. The van der Waals surface area contributed by atoms with Gasteiger partial charge in [-0.25, -0.2) is 0 Å². The van der Waals surface area contributed by atoms with E-state index in [1.54, 1.807) is 27.7 Å². The van der Waals surface area contributed by atoms with Gasteiger partial charge in [0.05, 0.1) is 34.4 Å². The minimum Gasteiger partial charge on any atom is -0.464 e. The van der Waals surface area contributed by atoms with Crippen molar-refractivity contribution >= 4 is 23.3 Å². The zero-order valence-electron chi connectivity index (χ0n) is 23.2. The van der Waals surface area contributed by atoms with Crippen LogP contribution in [-0.4, -0.2) is 63.1 Å². The van der Waals surface area contributed by atoms with Crippen LogP contribution in [0.4, 0.5) is 0 Å². The molecule has 0 aromatic heterocycles. The van der Waals surface area contributed by atoms with Crippen LogP contribution in [0.5, 0.6) is 0 Å². The predicted octanol–water partition coefficient (Wildman–Crippen LogP) is 2.16. The molecule has 208 valence electrons. The minimum absolute atomic E-state index is 0.000452. The van der Waals surface area contributed by atoms with Crippen molar-refractivity contribution in [2.45, 2.75) is 91.5 Å². The molecule has 3 unspecified atom stereocenters. The van der Waals surface area contributed by atoms with Gasteiger partial charge >= 0.3 is 5.97 Å². The summed E-state index contributed by atoms with van der Waals surface area (Å²) in [6.45, 7) is 10.6. The third-order valence-electron chi connectivity index (χ3n) is 12.6. The summed E-state index contributed by atoms with van der Waals surface area (Å²) in [4.78, 5) is 55.6. The summed E-state index contributed by atoms with van der Waals surface area (Å²) in [5.41, 5.74) is -5.55. The number of aliphatic hydroxyl groups is 3. The zero-order valence-corrected chi connectivity index (χ0v) is 23.2. The van der Waals surface area contributed by atoms with Crippen LogP contribution in [0.25, 0.3) is 0 Å². The number of ketones is 3. The van der Waals surface area contributed by atoms with Gasteiger partial charge in [-0.3, -0.25) is 19.2 Å². The maximum absolute atomic E-state index is 14.7. The number of esters is 1. The summed E-state index contributed by atoms with van der Waals surface area (Å²) >= 11 is 0. The van der Waals surface area contributed by atoms with Crippen molar-refractivity contribution in [1.82, 2.24) is 0 Å². The second kappa shape index (κ2) is 7.43. The van der Waals surface area contributed by atoms with E-state index in [-0.39, 0.29) is 55.3 Å². The van der Waals surface area contributed by atoms with Crippen molar-refractivity contribution in [3.63, 3.8) is 0 Å². The van der Waals surface area contributed by atoms with Gasteiger partial charge in [0.2, 0.25) is 0 Å². The SMILES string of the molecule is C[C@@H]1C[C@@]2(O)C[C@@H](C)C3[C@@H]2C(=O)[C@@]2(C)C4=C(C(=O)[C@@H](O)[C@]32C)[C@@]2(C)CCC(=O)C(C)(COC1=O)C2C[C@H]4O. The maximum atomic E-state index is 14.7. The highest BCUT2D eigenvalue weighted by molar-refractivity contribution is 6.09. The Hall–Kier alpha value is -1.90. The second-order valence-corrected chi connectivity index (χ2v) is 14.4. The largest absolute Gasteiger partial charge is 0.464 e. The standard InChI is InChI=1S/C30H40O8/c1-13-10-30(37)11-14(2)25(36)38-12-27(4)16-9-15(31)19-20(26(16,3)8-7-17(27)32)22(33)24(35)28(5)18(13)21(30)23(34)29(19,28)6/h13-16,18,21,24,31,35,37H,7-12H2,1-6H3/t13-,14-,15-,16?,18?,21-,24-,26+,27?,28+,29-,30+/m1/s1. The molecule has 3 N–H and O–H groups in total. The van der Waals surface area contributed by atoms with Crippen molar-refractivity contribution in [2.24, 2.45) is 51.2 Å². The molecule has 0 aromatic carbocycles. The van der Waals surface area contributed by atoms with Crippen molar-refractivity contribution in [1.29, 1.82) is 0 Å². The van der Waals surface area contributed by atoms with Gasteiger partial charge < -0.3 is 20.1 Å². The van der Waals surface area contributed by atoms with Gasteiger partial charge in [0.1, 0.15) is 24.3 Å². The second-order valence-electron chi connectivity index (χ2n) is 14.4. The quantitative estimate of drug-likeness (QED) is 0.407. The third kappa shape index (κ3) is 2.63. The van der Waals surface area contributed by atoms with Crippen LogP contribution in [-0.2, 0) is 23.9 Å². The van der Waals surface area contributed by atoms with Crippen LogP contribution in [0, 0.1) is 51.2 Å². The Balaban J connectivity index is 1.69. The summed E-state index contributed by atoms with van der Waals surface area (Å²) < 4.78 is 5.75. The van der Waals surface area contributed by atoms with Gasteiger partial charge in [0.25, 0.3) is 0 Å². The van der Waals surface area contributed by atoms with Gasteiger partial charge in [-0.2, -0.15) is 0 Å². The predicted molar refractivity (Wildman–Crippen MR) is 134 cm³/mol. The van der Waals surface area contributed by atoms with Crippen LogP contribution >= 0.6 is 0 Å². The van der Waals surface area contributed by atoms with E-state index in [1.807, 2.05) is 13.8 Å². The minimum atomic E-state index is -1.53. The van der Waals surface area contributed by atoms with Crippen LogP contribution in [0.15, 0.2) is 11.1 Å². The first-order valence-electron chi connectivity index (χ1n) is 14.1. The molecule has 12 atom stereocenters. The van der Waals surface area contributed by atoms with E-state index in [0.717, 1.165) is 0 Å². The molecule has 7 bridgehead atoms. The van der Waals surface area contributed by atoms with E-state index in [1.165, 1.54) is 0 Å². The molecule has 8 nitrogen and oxygen atoms in total. The number of Topliss-reactive ketones (excluding diaryl/α,β-unsaturated/α-hetero) is 3. The molecule has 7 rings (SSSR count). The summed E-state index contributed by atoms with van der Waals surface area (Å²) in [5.74, 6) is -4.24. The number of fused-ring (bicyclic) bond motifs is 6. The average molecular weight is 529 g/mol. The lowest BCUT2D eigenvalue weighted by molar-refractivity contribution is -0.170. The monoisotopic (exact) mass is 528 g/mol. The lowest BCUT2D eigenvalue weighted by Gasteiger charge is -2.61. The number of hydrogen-bond acceptors (Lipinski definition) is 8. The highest BCUT2D eigenvalue weighted by Crippen LogP contribution is 2.74. The van der Waals surface area contributed by atoms with Crippen molar-refractivity contribution in [3.05, 3.63) is 11.1 Å². The molecule has 0 aromatic rings. The topological polar surface area (TPSA) is 138 Å². The Bertz CT molecular complexity index is 1220. The summed E-state index contributed by atoms with van der Waals surface area (Å²) in [6.07, 6.45) is -1.78. The highest BCUT2D eigenvalue weighted by Gasteiger charge is 2.80. The van der Waals surface area contributed by atoms with Gasteiger partial charge in [0.15, 0.2) is 5.78 Å². The van der Waals surface area contributed by atoms with E-state index >= 15 is 0 Å². The Labute approximate surface area is 223 Å².